The maximum absolute atomic E-state index is 11.0. The molecule has 0 fully saturated rings. The highest BCUT2D eigenvalue weighted by molar-refractivity contribution is 5.70. The SMILES string of the molecule is CCCCC(CC)C1CNc2c1cccc2[N+](=O)[O-]. The Labute approximate surface area is 114 Å². The molecule has 0 spiro atoms. The molecule has 19 heavy (non-hydrogen) atoms. The van der Waals surface area contributed by atoms with E-state index >= 15 is 0 Å². The van der Waals surface area contributed by atoms with Crippen LogP contribution in [0.4, 0.5) is 11.4 Å². The van der Waals surface area contributed by atoms with Crippen LogP contribution in [0.25, 0.3) is 0 Å². The molecule has 0 radical (unpaired) electrons. The van der Waals surface area contributed by atoms with E-state index in [-0.39, 0.29) is 10.6 Å². The molecule has 1 aliphatic heterocycles. The van der Waals surface area contributed by atoms with Gasteiger partial charge in [0.2, 0.25) is 0 Å². The molecule has 0 amide bonds. The van der Waals surface area contributed by atoms with Crippen LogP contribution in [-0.2, 0) is 0 Å². The van der Waals surface area contributed by atoms with Gasteiger partial charge in [0, 0.05) is 18.5 Å². The zero-order valence-corrected chi connectivity index (χ0v) is 11.7. The molecule has 1 aromatic carbocycles. The summed E-state index contributed by atoms with van der Waals surface area (Å²) in [6.45, 7) is 5.26. The monoisotopic (exact) mass is 262 g/mol. The van der Waals surface area contributed by atoms with Crippen molar-refractivity contribution < 1.29 is 4.92 Å². The largest absolute Gasteiger partial charge is 0.379 e. The number of para-hydroxylation sites is 1. The summed E-state index contributed by atoms with van der Waals surface area (Å²) in [5.74, 6) is 1.04. The maximum Gasteiger partial charge on any atom is 0.292 e. The number of nitro groups is 1. The number of fused-ring (bicyclic) bond motifs is 1. The Bertz CT molecular complexity index is 459. The second kappa shape index (κ2) is 6.04. The normalized spacial score (nSPS) is 18.7. The first kappa shape index (κ1) is 13.8. The van der Waals surface area contributed by atoms with Gasteiger partial charge < -0.3 is 5.32 Å². The van der Waals surface area contributed by atoms with Gasteiger partial charge in [0.05, 0.1) is 4.92 Å². The summed E-state index contributed by atoms with van der Waals surface area (Å²) < 4.78 is 0. The van der Waals surface area contributed by atoms with Gasteiger partial charge in [-0.1, -0.05) is 45.2 Å². The van der Waals surface area contributed by atoms with Crippen molar-refractivity contribution in [3.8, 4) is 0 Å². The zero-order valence-electron chi connectivity index (χ0n) is 11.7. The topological polar surface area (TPSA) is 55.2 Å². The van der Waals surface area contributed by atoms with E-state index in [9.17, 15) is 10.1 Å². The first-order chi connectivity index (χ1) is 9.19. The molecule has 1 N–H and O–H groups in total. The predicted molar refractivity (Wildman–Crippen MR) is 77.6 cm³/mol. The molecule has 104 valence electrons. The van der Waals surface area contributed by atoms with Crippen molar-refractivity contribution >= 4 is 11.4 Å². The van der Waals surface area contributed by atoms with Crippen LogP contribution in [0.5, 0.6) is 0 Å². The van der Waals surface area contributed by atoms with Crippen LogP contribution in [-0.4, -0.2) is 11.5 Å². The second-order valence-electron chi connectivity index (χ2n) is 5.30. The van der Waals surface area contributed by atoms with Crippen LogP contribution < -0.4 is 5.32 Å². The van der Waals surface area contributed by atoms with Gasteiger partial charge in [-0.3, -0.25) is 10.1 Å². The highest BCUT2D eigenvalue weighted by atomic mass is 16.6. The fraction of sp³-hybridized carbons (Fsp3) is 0.600. The lowest BCUT2D eigenvalue weighted by atomic mass is 9.82. The van der Waals surface area contributed by atoms with Crippen LogP contribution in [0, 0.1) is 16.0 Å². The summed E-state index contributed by atoms with van der Waals surface area (Å²) in [5, 5.41) is 14.3. The zero-order chi connectivity index (χ0) is 13.8. The van der Waals surface area contributed by atoms with E-state index in [4.69, 9.17) is 0 Å². The molecule has 4 nitrogen and oxygen atoms in total. The first-order valence-corrected chi connectivity index (χ1v) is 7.20. The number of hydrogen-bond acceptors (Lipinski definition) is 3. The highest BCUT2D eigenvalue weighted by Gasteiger charge is 2.32. The van der Waals surface area contributed by atoms with Crippen LogP contribution in [0.15, 0.2) is 18.2 Å². The summed E-state index contributed by atoms with van der Waals surface area (Å²) in [6, 6.07) is 5.44. The molecule has 2 atom stereocenters. The fourth-order valence-electron chi connectivity index (χ4n) is 3.11. The molecular formula is C15H22N2O2. The van der Waals surface area contributed by atoms with Gasteiger partial charge in [0.25, 0.3) is 5.69 Å². The molecule has 4 heteroatoms. The Morgan fingerprint density at radius 2 is 2.26 bits per heavy atom. The van der Waals surface area contributed by atoms with Crippen molar-refractivity contribution in [2.45, 2.75) is 45.4 Å². The van der Waals surface area contributed by atoms with E-state index in [1.807, 2.05) is 12.1 Å². The van der Waals surface area contributed by atoms with E-state index in [1.165, 1.54) is 19.3 Å². The Hall–Kier alpha value is -1.58. The number of rotatable bonds is 6. The minimum atomic E-state index is -0.290. The summed E-state index contributed by atoms with van der Waals surface area (Å²) in [5.41, 5.74) is 2.09. The molecule has 0 aliphatic carbocycles. The van der Waals surface area contributed by atoms with E-state index < -0.39 is 0 Å². The van der Waals surface area contributed by atoms with Crippen LogP contribution in [0.1, 0.15) is 51.0 Å². The van der Waals surface area contributed by atoms with Crippen molar-refractivity contribution in [3.63, 3.8) is 0 Å². The third kappa shape index (κ3) is 2.72. The van der Waals surface area contributed by atoms with Crippen molar-refractivity contribution in [2.24, 2.45) is 5.92 Å². The van der Waals surface area contributed by atoms with Gasteiger partial charge in [0.1, 0.15) is 5.69 Å². The molecule has 0 aromatic heterocycles. The van der Waals surface area contributed by atoms with E-state index in [1.54, 1.807) is 6.07 Å². The summed E-state index contributed by atoms with van der Waals surface area (Å²) in [6.07, 6.45) is 4.79. The number of nitrogens with zero attached hydrogens (tertiary/aromatic N) is 1. The minimum absolute atomic E-state index is 0.213. The smallest absolute Gasteiger partial charge is 0.292 e. The number of benzene rings is 1. The minimum Gasteiger partial charge on any atom is -0.379 e. The third-order valence-corrected chi connectivity index (χ3v) is 4.19. The van der Waals surface area contributed by atoms with E-state index in [2.05, 4.69) is 19.2 Å². The molecule has 0 saturated heterocycles. The third-order valence-electron chi connectivity index (χ3n) is 4.19. The Balaban J connectivity index is 2.26. The van der Waals surface area contributed by atoms with Gasteiger partial charge in [-0.25, -0.2) is 0 Å². The fourth-order valence-corrected chi connectivity index (χ4v) is 3.11. The number of nitrogens with one attached hydrogen (secondary N) is 1. The van der Waals surface area contributed by atoms with Crippen molar-refractivity contribution in [2.75, 3.05) is 11.9 Å². The average Bonchev–Trinajstić information content (AvgIpc) is 2.83. The number of unbranched alkanes of at least 4 members (excludes halogenated alkanes) is 1. The predicted octanol–water partition coefficient (Wildman–Crippen LogP) is 4.32. The lowest BCUT2D eigenvalue weighted by molar-refractivity contribution is -0.383. The van der Waals surface area contributed by atoms with Crippen molar-refractivity contribution in [3.05, 3.63) is 33.9 Å². The lowest BCUT2D eigenvalue weighted by Gasteiger charge is -2.22. The van der Waals surface area contributed by atoms with Crippen LogP contribution in [0.3, 0.4) is 0 Å². The molecule has 0 saturated carbocycles. The number of nitro benzene ring substituents is 1. The maximum atomic E-state index is 11.0. The summed E-state index contributed by atoms with van der Waals surface area (Å²) in [7, 11) is 0. The van der Waals surface area contributed by atoms with Gasteiger partial charge in [-0.15, -0.1) is 0 Å². The van der Waals surface area contributed by atoms with Gasteiger partial charge in [-0.2, -0.15) is 0 Å². The molecule has 1 heterocycles. The van der Waals surface area contributed by atoms with Gasteiger partial charge in [0.15, 0.2) is 0 Å². The number of anilines is 1. The van der Waals surface area contributed by atoms with Crippen LogP contribution in [0.2, 0.25) is 0 Å². The van der Waals surface area contributed by atoms with E-state index in [0.717, 1.165) is 24.2 Å². The molecule has 2 rings (SSSR count). The van der Waals surface area contributed by atoms with Crippen LogP contribution >= 0.6 is 0 Å². The molecular weight excluding hydrogens is 240 g/mol. The first-order valence-electron chi connectivity index (χ1n) is 7.20. The Morgan fingerprint density at radius 1 is 1.47 bits per heavy atom. The quantitative estimate of drug-likeness (QED) is 0.613. The summed E-state index contributed by atoms with van der Waals surface area (Å²) >= 11 is 0. The second-order valence-corrected chi connectivity index (χ2v) is 5.30. The average molecular weight is 262 g/mol. The standard InChI is InChI=1S/C15H22N2O2/c1-3-5-7-11(4-2)13-10-16-15-12(13)8-6-9-14(15)17(18)19/h6,8-9,11,13,16H,3-5,7,10H2,1-2H3. The molecule has 1 aliphatic rings. The Morgan fingerprint density at radius 3 is 2.89 bits per heavy atom. The van der Waals surface area contributed by atoms with Gasteiger partial charge >= 0.3 is 0 Å². The van der Waals surface area contributed by atoms with Crippen molar-refractivity contribution in [1.29, 1.82) is 0 Å². The summed E-state index contributed by atoms with van der Waals surface area (Å²) in [4.78, 5) is 10.8. The molecule has 2 unspecified atom stereocenters. The molecule has 1 aromatic rings. The lowest BCUT2D eigenvalue weighted by Crippen LogP contribution is -2.14. The van der Waals surface area contributed by atoms with E-state index in [0.29, 0.717) is 11.8 Å². The number of hydrogen-bond donors (Lipinski definition) is 1. The van der Waals surface area contributed by atoms with Gasteiger partial charge in [-0.05, 0) is 17.9 Å². The Kier molecular flexibility index (Phi) is 4.40. The van der Waals surface area contributed by atoms with Crippen molar-refractivity contribution in [1.82, 2.24) is 0 Å². The molecule has 0 bridgehead atoms. The highest BCUT2D eigenvalue weighted by Crippen LogP contribution is 2.43.